The summed E-state index contributed by atoms with van der Waals surface area (Å²) >= 11 is 0. The van der Waals surface area contributed by atoms with Gasteiger partial charge in [-0.25, -0.2) is 4.39 Å². The largest absolute Gasteiger partial charge is 0.299 e. The Morgan fingerprint density at radius 3 is 2.42 bits per heavy atom. The zero-order valence-electron chi connectivity index (χ0n) is 10.8. The van der Waals surface area contributed by atoms with Crippen molar-refractivity contribution in [3.63, 3.8) is 0 Å². The van der Waals surface area contributed by atoms with Gasteiger partial charge in [-0.3, -0.25) is 5.01 Å². The van der Waals surface area contributed by atoms with Gasteiger partial charge in [0.15, 0.2) is 0 Å². The number of rotatable bonds is 2. The Bertz CT molecular complexity index is 590. The predicted molar refractivity (Wildman–Crippen MR) is 74.8 cm³/mol. The number of nitrogens with zero attached hydrogens (tertiary/aromatic N) is 2. The van der Waals surface area contributed by atoms with Crippen molar-refractivity contribution in [3.8, 4) is 0 Å². The molecule has 96 valence electrons. The molecule has 0 fully saturated rings. The Hall–Kier alpha value is -2.16. The molecule has 1 unspecified atom stereocenters. The molecule has 2 nitrogen and oxygen atoms in total. The molecule has 1 atom stereocenters. The number of benzene rings is 2. The molecule has 1 heterocycles. The Balaban J connectivity index is 1.98. The third kappa shape index (κ3) is 2.36. The Morgan fingerprint density at radius 2 is 1.74 bits per heavy atom. The molecule has 0 radical (unpaired) electrons. The second-order valence-corrected chi connectivity index (χ2v) is 4.80. The highest BCUT2D eigenvalue weighted by Crippen LogP contribution is 2.27. The maximum Gasteiger partial charge on any atom is 0.123 e. The fourth-order valence-electron chi connectivity index (χ4n) is 2.47. The van der Waals surface area contributed by atoms with E-state index in [9.17, 15) is 4.39 Å². The van der Waals surface area contributed by atoms with Gasteiger partial charge in [0.1, 0.15) is 5.82 Å². The summed E-state index contributed by atoms with van der Waals surface area (Å²) in [6.45, 7) is 0.858. The van der Waals surface area contributed by atoms with Crippen LogP contribution >= 0.6 is 0 Å². The van der Waals surface area contributed by atoms with Crippen LogP contribution in [0.3, 0.4) is 0 Å². The first-order chi connectivity index (χ1) is 9.24. The molecule has 1 aliphatic heterocycles. The third-order valence-corrected chi connectivity index (χ3v) is 3.40. The summed E-state index contributed by atoms with van der Waals surface area (Å²) in [5, 5.41) is 6.51. The van der Waals surface area contributed by atoms with E-state index in [0.29, 0.717) is 0 Å². The Morgan fingerprint density at radius 1 is 1.05 bits per heavy atom. The van der Waals surface area contributed by atoms with Gasteiger partial charge in [-0.05, 0) is 23.3 Å². The number of hydrogen-bond donors (Lipinski definition) is 0. The topological polar surface area (TPSA) is 15.6 Å². The van der Waals surface area contributed by atoms with Crippen molar-refractivity contribution in [3.05, 3.63) is 71.5 Å². The summed E-state index contributed by atoms with van der Waals surface area (Å²) in [5.74, 6) is 0.0311. The van der Waals surface area contributed by atoms with Crippen molar-refractivity contribution in [1.82, 2.24) is 5.01 Å². The van der Waals surface area contributed by atoms with Crippen LogP contribution in [0.1, 0.15) is 17.0 Å². The zero-order valence-corrected chi connectivity index (χ0v) is 10.8. The predicted octanol–water partition coefficient (Wildman–Crippen LogP) is 3.26. The van der Waals surface area contributed by atoms with Crippen molar-refractivity contribution in [2.45, 2.75) is 5.92 Å². The SMILES string of the molecule is CN1CC(c2ccccc2)C(c2ccc(F)cc2)=N1. The van der Waals surface area contributed by atoms with Crippen molar-refractivity contribution < 1.29 is 4.39 Å². The van der Waals surface area contributed by atoms with Crippen LogP contribution in [0, 0.1) is 5.82 Å². The molecule has 0 aliphatic carbocycles. The van der Waals surface area contributed by atoms with E-state index in [1.165, 1.54) is 17.7 Å². The van der Waals surface area contributed by atoms with Gasteiger partial charge >= 0.3 is 0 Å². The molecule has 0 aromatic heterocycles. The summed E-state index contributed by atoms with van der Waals surface area (Å²) in [4.78, 5) is 0. The van der Waals surface area contributed by atoms with Gasteiger partial charge in [0.2, 0.25) is 0 Å². The first-order valence-electron chi connectivity index (χ1n) is 6.34. The fourth-order valence-corrected chi connectivity index (χ4v) is 2.47. The molecule has 1 aliphatic rings. The lowest BCUT2D eigenvalue weighted by atomic mass is 9.91. The van der Waals surface area contributed by atoms with E-state index in [1.54, 1.807) is 12.1 Å². The van der Waals surface area contributed by atoms with Crippen molar-refractivity contribution >= 4 is 5.71 Å². The first kappa shape index (κ1) is 11.9. The molecular formula is C16H15FN2. The average molecular weight is 254 g/mol. The smallest absolute Gasteiger partial charge is 0.123 e. The summed E-state index contributed by atoms with van der Waals surface area (Å²) < 4.78 is 13.0. The maximum atomic E-state index is 13.0. The molecule has 0 amide bonds. The van der Waals surface area contributed by atoms with E-state index in [2.05, 4.69) is 17.2 Å². The van der Waals surface area contributed by atoms with Gasteiger partial charge in [-0.1, -0.05) is 42.5 Å². The van der Waals surface area contributed by atoms with E-state index in [-0.39, 0.29) is 11.7 Å². The van der Waals surface area contributed by atoms with E-state index in [4.69, 9.17) is 0 Å². The minimum atomic E-state index is -0.216. The Kier molecular flexibility index (Phi) is 3.03. The van der Waals surface area contributed by atoms with Crippen LogP contribution in [0.15, 0.2) is 59.7 Å². The maximum absolute atomic E-state index is 13.0. The van der Waals surface area contributed by atoms with Crippen molar-refractivity contribution in [2.24, 2.45) is 5.10 Å². The highest BCUT2D eigenvalue weighted by molar-refractivity contribution is 6.06. The first-order valence-corrected chi connectivity index (χ1v) is 6.34. The molecule has 2 aromatic carbocycles. The zero-order chi connectivity index (χ0) is 13.2. The molecule has 0 saturated heterocycles. The summed E-state index contributed by atoms with van der Waals surface area (Å²) in [6.07, 6.45) is 0. The molecule has 0 spiro atoms. The average Bonchev–Trinajstić information content (AvgIpc) is 2.83. The minimum absolute atomic E-state index is 0.216. The highest BCUT2D eigenvalue weighted by Gasteiger charge is 2.27. The van der Waals surface area contributed by atoms with Gasteiger partial charge in [0.05, 0.1) is 5.71 Å². The molecule has 0 bridgehead atoms. The monoisotopic (exact) mass is 254 g/mol. The second-order valence-electron chi connectivity index (χ2n) is 4.80. The normalized spacial score (nSPS) is 18.5. The van der Waals surface area contributed by atoms with E-state index < -0.39 is 0 Å². The second kappa shape index (κ2) is 4.84. The molecule has 0 N–H and O–H groups in total. The summed E-state index contributed by atoms with van der Waals surface area (Å²) in [5.41, 5.74) is 3.24. The molecule has 0 saturated carbocycles. The molecular weight excluding hydrogens is 239 g/mol. The van der Waals surface area contributed by atoms with Crippen LogP contribution in [-0.4, -0.2) is 24.3 Å². The van der Waals surface area contributed by atoms with Crippen molar-refractivity contribution in [1.29, 1.82) is 0 Å². The van der Waals surface area contributed by atoms with Crippen molar-refractivity contribution in [2.75, 3.05) is 13.6 Å². The molecule has 3 heteroatoms. The number of likely N-dealkylation sites (N-methyl/N-ethyl adjacent to an activating group) is 1. The lowest BCUT2D eigenvalue weighted by Crippen LogP contribution is -2.15. The van der Waals surface area contributed by atoms with Crippen LogP contribution in [0.5, 0.6) is 0 Å². The van der Waals surface area contributed by atoms with Crippen LogP contribution in [0.4, 0.5) is 4.39 Å². The molecule has 3 rings (SSSR count). The fraction of sp³-hybridized carbons (Fsp3) is 0.188. The van der Waals surface area contributed by atoms with Gasteiger partial charge in [0, 0.05) is 19.5 Å². The lowest BCUT2D eigenvalue weighted by molar-refractivity contribution is 0.381. The summed E-state index contributed by atoms with van der Waals surface area (Å²) in [7, 11) is 1.96. The molecule has 2 aromatic rings. The van der Waals surface area contributed by atoms with Crippen LogP contribution in [-0.2, 0) is 0 Å². The van der Waals surface area contributed by atoms with E-state index in [0.717, 1.165) is 17.8 Å². The van der Waals surface area contributed by atoms with Crippen LogP contribution in [0.2, 0.25) is 0 Å². The number of halogens is 1. The Labute approximate surface area is 112 Å². The molecule has 19 heavy (non-hydrogen) atoms. The van der Waals surface area contributed by atoms with Crippen LogP contribution in [0.25, 0.3) is 0 Å². The van der Waals surface area contributed by atoms with Gasteiger partial charge < -0.3 is 0 Å². The van der Waals surface area contributed by atoms with Gasteiger partial charge in [-0.15, -0.1) is 0 Å². The number of hydrogen-bond acceptors (Lipinski definition) is 2. The third-order valence-electron chi connectivity index (χ3n) is 3.40. The quantitative estimate of drug-likeness (QED) is 0.803. The van der Waals surface area contributed by atoms with E-state index >= 15 is 0 Å². The standard InChI is InChI=1S/C16H15FN2/c1-19-11-15(12-5-3-2-4-6-12)16(18-19)13-7-9-14(17)10-8-13/h2-10,15H,11H2,1H3. The van der Waals surface area contributed by atoms with Gasteiger partial charge in [-0.2, -0.15) is 5.10 Å². The number of hydrazone groups is 1. The minimum Gasteiger partial charge on any atom is -0.299 e. The lowest BCUT2D eigenvalue weighted by Gasteiger charge is -2.13. The highest BCUT2D eigenvalue weighted by atomic mass is 19.1. The van der Waals surface area contributed by atoms with Crippen LogP contribution < -0.4 is 0 Å². The van der Waals surface area contributed by atoms with Gasteiger partial charge in [0.25, 0.3) is 0 Å². The van der Waals surface area contributed by atoms with E-state index in [1.807, 2.05) is 30.3 Å². The summed E-state index contributed by atoms with van der Waals surface area (Å²) in [6, 6.07) is 16.9.